The lowest BCUT2D eigenvalue weighted by molar-refractivity contribution is -0.127. The van der Waals surface area contributed by atoms with E-state index in [0.717, 1.165) is 35.2 Å². The van der Waals surface area contributed by atoms with Crippen molar-refractivity contribution in [3.05, 3.63) is 30.0 Å². The van der Waals surface area contributed by atoms with Crippen molar-refractivity contribution in [2.75, 3.05) is 20.7 Å². The molecule has 1 amide bonds. The molecule has 1 aliphatic heterocycles. The van der Waals surface area contributed by atoms with Gasteiger partial charge >= 0.3 is 0 Å². The molecule has 0 radical (unpaired) electrons. The maximum Gasteiger partial charge on any atom is 0.230 e. The lowest BCUT2D eigenvalue weighted by Crippen LogP contribution is -2.21. The number of aromatic nitrogens is 1. The summed E-state index contributed by atoms with van der Waals surface area (Å²) >= 11 is 0. The van der Waals surface area contributed by atoms with Gasteiger partial charge in [-0.1, -0.05) is 6.07 Å². The second-order valence-electron chi connectivity index (χ2n) is 4.73. The molecule has 4 heteroatoms. The van der Waals surface area contributed by atoms with E-state index in [4.69, 9.17) is 4.74 Å². The molecule has 0 aliphatic carbocycles. The van der Waals surface area contributed by atoms with E-state index in [1.54, 1.807) is 12.0 Å². The first-order valence-electron chi connectivity index (χ1n) is 6.11. The minimum atomic E-state index is -0.0416. The maximum absolute atomic E-state index is 12.1. The Morgan fingerprint density at radius 2 is 2.28 bits per heavy atom. The molecule has 3 rings (SSSR count). The van der Waals surface area contributed by atoms with Crippen LogP contribution in [0.5, 0.6) is 5.75 Å². The van der Waals surface area contributed by atoms with E-state index in [1.165, 1.54) is 0 Å². The fourth-order valence-corrected chi connectivity index (χ4v) is 2.73. The van der Waals surface area contributed by atoms with Crippen LogP contribution < -0.4 is 4.74 Å². The number of nitrogens with zero attached hydrogens (tertiary/aromatic N) is 1. The second kappa shape index (κ2) is 4.05. The molecule has 1 aliphatic rings. The summed E-state index contributed by atoms with van der Waals surface area (Å²) in [6, 6.07) is 5.89. The van der Waals surface area contributed by atoms with Crippen LogP contribution in [0.3, 0.4) is 0 Å². The zero-order valence-electron chi connectivity index (χ0n) is 10.6. The van der Waals surface area contributed by atoms with Gasteiger partial charge in [0.2, 0.25) is 5.91 Å². The monoisotopic (exact) mass is 244 g/mol. The molecule has 0 spiro atoms. The third-order valence-corrected chi connectivity index (χ3v) is 3.72. The van der Waals surface area contributed by atoms with Gasteiger partial charge in [0.1, 0.15) is 5.75 Å². The largest absolute Gasteiger partial charge is 0.496 e. The highest BCUT2D eigenvalue weighted by molar-refractivity contribution is 5.96. The first-order valence-corrected chi connectivity index (χ1v) is 6.11. The molecule has 1 N–H and O–H groups in total. The van der Waals surface area contributed by atoms with Gasteiger partial charge in [0.25, 0.3) is 0 Å². The first-order chi connectivity index (χ1) is 8.72. The Balaban J connectivity index is 2.15. The zero-order chi connectivity index (χ0) is 12.7. The van der Waals surface area contributed by atoms with Crippen molar-refractivity contribution in [2.45, 2.75) is 12.3 Å². The standard InChI is InChI=1S/C14H16N2O2/c1-16-7-6-9(14(16)17)10-8-15-11-4-3-5-12(18-2)13(10)11/h3-5,8-9,15H,6-7H2,1-2H3. The lowest BCUT2D eigenvalue weighted by Gasteiger charge is -2.11. The predicted octanol–water partition coefficient (Wildman–Crippen LogP) is 2.12. The van der Waals surface area contributed by atoms with Crippen LogP contribution in [-0.2, 0) is 4.79 Å². The number of likely N-dealkylation sites (tertiary alicyclic amines) is 1. The number of nitrogens with one attached hydrogen (secondary N) is 1. The SMILES string of the molecule is COc1cccc2[nH]cc(C3CCN(C)C3=O)c12. The normalized spacial score (nSPS) is 19.8. The maximum atomic E-state index is 12.1. The second-order valence-corrected chi connectivity index (χ2v) is 4.73. The quantitative estimate of drug-likeness (QED) is 0.879. The van der Waals surface area contributed by atoms with Gasteiger partial charge in [-0.2, -0.15) is 0 Å². The third kappa shape index (κ3) is 1.49. The molecule has 1 saturated heterocycles. The van der Waals surface area contributed by atoms with Crippen molar-refractivity contribution in [1.82, 2.24) is 9.88 Å². The van der Waals surface area contributed by atoms with Gasteiger partial charge in [-0.3, -0.25) is 4.79 Å². The van der Waals surface area contributed by atoms with Gasteiger partial charge in [0.15, 0.2) is 0 Å². The third-order valence-electron chi connectivity index (χ3n) is 3.72. The highest BCUT2D eigenvalue weighted by atomic mass is 16.5. The number of aromatic amines is 1. The van der Waals surface area contributed by atoms with E-state index >= 15 is 0 Å². The number of benzene rings is 1. The number of hydrogen-bond donors (Lipinski definition) is 1. The molecular weight excluding hydrogens is 228 g/mol. The van der Waals surface area contributed by atoms with Crippen LogP contribution in [0.15, 0.2) is 24.4 Å². The average molecular weight is 244 g/mol. The van der Waals surface area contributed by atoms with Crippen LogP contribution >= 0.6 is 0 Å². The number of rotatable bonds is 2. The predicted molar refractivity (Wildman–Crippen MR) is 69.8 cm³/mol. The summed E-state index contributed by atoms with van der Waals surface area (Å²) in [7, 11) is 3.52. The van der Waals surface area contributed by atoms with E-state index in [1.807, 2.05) is 31.4 Å². The molecule has 18 heavy (non-hydrogen) atoms. The van der Waals surface area contributed by atoms with E-state index < -0.39 is 0 Å². The number of H-pyrrole nitrogens is 1. The average Bonchev–Trinajstić information content (AvgIpc) is 2.94. The van der Waals surface area contributed by atoms with E-state index in [9.17, 15) is 4.79 Å². The Bertz CT molecular complexity index is 603. The van der Waals surface area contributed by atoms with Crippen LogP contribution in [0.25, 0.3) is 10.9 Å². The van der Waals surface area contributed by atoms with Crippen LogP contribution in [0.4, 0.5) is 0 Å². The molecule has 94 valence electrons. The van der Waals surface area contributed by atoms with Crippen molar-refractivity contribution in [3.63, 3.8) is 0 Å². The van der Waals surface area contributed by atoms with Crippen molar-refractivity contribution in [2.24, 2.45) is 0 Å². The van der Waals surface area contributed by atoms with E-state index in [2.05, 4.69) is 4.98 Å². The number of hydrogen-bond acceptors (Lipinski definition) is 2. The fourth-order valence-electron chi connectivity index (χ4n) is 2.73. The fraction of sp³-hybridized carbons (Fsp3) is 0.357. The van der Waals surface area contributed by atoms with Gasteiger partial charge in [-0.15, -0.1) is 0 Å². The summed E-state index contributed by atoms with van der Waals surface area (Å²) in [5.74, 6) is 0.980. The number of carbonyl (C=O) groups excluding carboxylic acids is 1. The van der Waals surface area contributed by atoms with Crippen LogP contribution in [0.2, 0.25) is 0 Å². The van der Waals surface area contributed by atoms with Gasteiger partial charge in [-0.25, -0.2) is 0 Å². The lowest BCUT2D eigenvalue weighted by atomic mass is 9.97. The zero-order valence-corrected chi connectivity index (χ0v) is 10.6. The molecular formula is C14H16N2O2. The Hall–Kier alpha value is -1.97. The molecule has 4 nitrogen and oxygen atoms in total. The van der Waals surface area contributed by atoms with Gasteiger partial charge in [-0.05, 0) is 24.1 Å². The summed E-state index contributed by atoms with van der Waals surface area (Å²) in [5.41, 5.74) is 2.07. The Morgan fingerprint density at radius 1 is 1.44 bits per heavy atom. The molecule has 0 saturated carbocycles. The number of fused-ring (bicyclic) bond motifs is 1. The minimum absolute atomic E-state index is 0.0416. The molecule has 2 heterocycles. The summed E-state index contributed by atoms with van der Waals surface area (Å²) in [4.78, 5) is 17.1. The van der Waals surface area contributed by atoms with Crippen molar-refractivity contribution < 1.29 is 9.53 Å². The summed E-state index contributed by atoms with van der Waals surface area (Å²) < 4.78 is 5.40. The smallest absolute Gasteiger partial charge is 0.230 e. The molecule has 2 aromatic rings. The Kier molecular flexibility index (Phi) is 2.51. The summed E-state index contributed by atoms with van der Waals surface area (Å²) in [6.45, 7) is 0.825. The van der Waals surface area contributed by atoms with Crippen molar-refractivity contribution in [1.29, 1.82) is 0 Å². The van der Waals surface area contributed by atoms with Gasteiger partial charge in [0.05, 0.1) is 13.0 Å². The minimum Gasteiger partial charge on any atom is -0.496 e. The topological polar surface area (TPSA) is 45.3 Å². The number of likely N-dealkylation sites (N-methyl/N-ethyl adjacent to an activating group) is 1. The van der Waals surface area contributed by atoms with E-state index in [0.29, 0.717) is 0 Å². The number of carbonyl (C=O) groups is 1. The first kappa shape index (κ1) is 11.1. The van der Waals surface area contributed by atoms with Gasteiger partial charge < -0.3 is 14.6 Å². The summed E-state index contributed by atoms with van der Waals surface area (Å²) in [5, 5.41) is 1.04. The van der Waals surface area contributed by atoms with Gasteiger partial charge in [0, 0.05) is 30.7 Å². The molecule has 1 aromatic heterocycles. The molecule has 1 aromatic carbocycles. The highest BCUT2D eigenvalue weighted by Gasteiger charge is 2.32. The molecule has 0 bridgehead atoms. The van der Waals surface area contributed by atoms with Crippen molar-refractivity contribution >= 4 is 16.8 Å². The summed E-state index contributed by atoms with van der Waals surface area (Å²) in [6.07, 6.45) is 2.81. The number of amides is 1. The Labute approximate surface area is 106 Å². The van der Waals surface area contributed by atoms with Crippen LogP contribution in [0, 0.1) is 0 Å². The van der Waals surface area contributed by atoms with Crippen molar-refractivity contribution in [3.8, 4) is 5.75 Å². The van der Waals surface area contributed by atoms with Crippen LogP contribution in [-0.4, -0.2) is 36.5 Å². The number of ether oxygens (including phenoxy) is 1. The molecule has 1 atom stereocenters. The molecule has 1 fully saturated rings. The highest BCUT2D eigenvalue weighted by Crippen LogP contribution is 2.37. The van der Waals surface area contributed by atoms with Crippen LogP contribution in [0.1, 0.15) is 17.9 Å². The molecule has 1 unspecified atom stereocenters. The Morgan fingerprint density at radius 3 is 2.94 bits per heavy atom. The number of methoxy groups -OCH3 is 1. The van der Waals surface area contributed by atoms with E-state index in [-0.39, 0.29) is 11.8 Å².